The van der Waals surface area contributed by atoms with Gasteiger partial charge in [0.15, 0.2) is 0 Å². The predicted octanol–water partition coefficient (Wildman–Crippen LogP) is 5.80. The molecule has 26 heavy (non-hydrogen) atoms. The minimum Gasteiger partial charge on any atom is -0.461 e. The van der Waals surface area contributed by atoms with Crippen LogP contribution in [0.5, 0.6) is 0 Å². The van der Waals surface area contributed by atoms with Crippen LogP contribution in [0.3, 0.4) is 0 Å². The van der Waals surface area contributed by atoms with Crippen molar-refractivity contribution < 1.29 is 9.53 Å². The van der Waals surface area contributed by atoms with Crippen LogP contribution in [0.2, 0.25) is 0 Å². The summed E-state index contributed by atoms with van der Waals surface area (Å²) in [5, 5.41) is 0. The minimum atomic E-state index is -0.0799. The monoisotopic (exact) mass is 348 g/mol. The molecule has 0 heterocycles. The normalized spacial score (nSPS) is 13.8. The van der Waals surface area contributed by atoms with Gasteiger partial charge in [-0.15, -0.1) is 0 Å². The summed E-state index contributed by atoms with van der Waals surface area (Å²) in [4.78, 5) is 11.7. The zero-order valence-electron chi connectivity index (χ0n) is 15.4. The highest BCUT2D eigenvalue weighted by atomic mass is 16.5. The molecule has 2 aromatic carbocycles. The fourth-order valence-electron chi connectivity index (χ4n) is 3.08. The number of carbonyl (C=O) groups excluding carboxylic acids is 1. The summed E-state index contributed by atoms with van der Waals surface area (Å²) in [6, 6.07) is 19.0. The van der Waals surface area contributed by atoms with Crippen molar-refractivity contribution in [2.45, 2.75) is 44.9 Å². The molecular weight excluding hydrogens is 320 g/mol. The highest BCUT2D eigenvalue weighted by molar-refractivity contribution is 5.69. The molecule has 0 spiro atoms. The van der Waals surface area contributed by atoms with E-state index in [9.17, 15) is 4.79 Å². The number of unbranched alkanes of at least 4 members (excludes halogenated alkanes) is 1. The van der Waals surface area contributed by atoms with E-state index in [1.54, 1.807) is 0 Å². The lowest BCUT2D eigenvalue weighted by Gasteiger charge is -2.03. The molecular formula is C24H28O2. The van der Waals surface area contributed by atoms with Gasteiger partial charge >= 0.3 is 5.97 Å². The smallest absolute Gasteiger partial charge is 0.306 e. The zero-order chi connectivity index (χ0) is 18.0. The summed E-state index contributed by atoms with van der Waals surface area (Å²) in [6.07, 6.45) is 11.6. The van der Waals surface area contributed by atoms with E-state index in [0.29, 0.717) is 13.0 Å². The second-order valence-electron chi connectivity index (χ2n) is 7.18. The van der Waals surface area contributed by atoms with Crippen LogP contribution in [0.25, 0.3) is 6.08 Å². The Kier molecular flexibility index (Phi) is 7.06. The van der Waals surface area contributed by atoms with Gasteiger partial charge in [0.25, 0.3) is 0 Å². The standard InChI is InChI=1S/C24H28O2/c25-24(11-5-4-7-20-12-13-20)26-18-6-10-21-14-16-23(17-15-21)19-22-8-2-1-3-9-22/h1-3,6,8-10,14-17,20H,4-5,7,11-13,18-19H2/b10-6+. The van der Waals surface area contributed by atoms with E-state index in [0.717, 1.165) is 30.7 Å². The largest absolute Gasteiger partial charge is 0.461 e. The maximum Gasteiger partial charge on any atom is 0.306 e. The van der Waals surface area contributed by atoms with Crippen LogP contribution in [0.1, 0.15) is 55.2 Å². The molecule has 1 aliphatic carbocycles. The molecule has 2 nitrogen and oxygen atoms in total. The van der Waals surface area contributed by atoms with Gasteiger partial charge < -0.3 is 4.74 Å². The molecule has 0 bridgehead atoms. The van der Waals surface area contributed by atoms with E-state index in [2.05, 4.69) is 48.5 Å². The molecule has 0 N–H and O–H groups in total. The molecule has 1 fully saturated rings. The Morgan fingerprint density at radius 1 is 0.962 bits per heavy atom. The maximum absolute atomic E-state index is 11.7. The first-order valence-electron chi connectivity index (χ1n) is 9.74. The third-order valence-corrected chi connectivity index (χ3v) is 4.82. The highest BCUT2D eigenvalue weighted by Gasteiger charge is 2.20. The third kappa shape index (κ3) is 6.87. The molecule has 0 aliphatic heterocycles. The highest BCUT2D eigenvalue weighted by Crippen LogP contribution is 2.33. The maximum atomic E-state index is 11.7. The average molecular weight is 348 g/mol. The van der Waals surface area contributed by atoms with Crippen molar-refractivity contribution in [1.29, 1.82) is 0 Å². The molecule has 0 amide bonds. The predicted molar refractivity (Wildman–Crippen MR) is 107 cm³/mol. The van der Waals surface area contributed by atoms with Crippen molar-refractivity contribution in [2.75, 3.05) is 6.61 Å². The Bertz CT molecular complexity index is 697. The topological polar surface area (TPSA) is 26.3 Å². The summed E-state index contributed by atoms with van der Waals surface area (Å²) < 4.78 is 5.26. The Morgan fingerprint density at radius 3 is 2.42 bits per heavy atom. The summed E-state index contributed by atoms with van der Waals surface area (Å²) in [5.41, 5.74) is 3.74. The van der Waals surface area contributed by atoms with Crippen molar-refractivity contribution in [3.05, 3.63) is 77.4 Å². The fraction of sp³-hybridized carbons (Fsp3) is 0.375. The van der Waals surface area contributed by atoms with Crippen LogP contribution in [-0.4, -0.2) is 12.6 Å². The number of rotatable bonds is 10. The van der Waals surface area contributed by atoms with Gasteiger partial charge in [-0.25, -0.2) is 0 Å². The van der Waals surface area contributed by atoms with Gasteiger partial charge in [-0.1, -0.05) is 86.4 Å². The number of hydrogen-bond donors (Lipinski definition) is 0. The summed E-state index contributed by atoms with van der Waals surface area (Å²) >= 11 is 0. The Balaban J connectivity index is 1.33. The Hall–Kier alpha value is -2.35. The first kappa shape index (κ1) is 18.4. The van der Waals surface area contributed by atoms with Crippen molar-refractivity contribution in [3.63, 3.8) is 0 Å². The van der Waals surface area contributed by atoms with E-state index in [-0.39, 0.29) is 5.97 Å². The quantitative estimate of drug-likeness (QED) is 0.400. The molecule has 0 aromatic heterocycles. The number of hydrogen-bond acceptors (Lipinski definition) is 2. The van der Waals surface area contributed by atoms with Gasteiger partial charge in [-0.05, 0) is 41.5 Å². The summed E-state index contributed by atoms with van der Waals surface area (Å²) in [7, 11) is 0. The second-order valence-corrected chi connectivity index (χ2v) is 7.18. The minimum absolute atomic E-state index is 0.0799. The number of esters is 1. The van der Waals surface area contributed by atoms with Crippen molar-refractivity contribution in [2.24, 2.45) is 5.92 Å². The number of benzene rings is 2. The van der Waals surface area contributed by atoms with Gasteiger partial charge in [-0.2, -0.15) is 0 Å². The van der Waals surface area contributed by atoms with Gasteiger partial charge in [0.05, 0.1) is 0 Å². The van der Waals surface area contributed by atoms with Crippen LogP contribution >= 0.6 is 0 Å². The second kappa shape index (κ2) is 9.96. The first-order chi connectivity index (χ1) is 12.8. The van der Waals surface area contributed by atoms with Crippen LogP contribution < -0.4 is 0 Å². The van der Waals surface area contributed by atoms with Gasteiger partial charge in [0.1, 0.15) is 6.61 Å². The molecule has 2 heteroatoms. The summed E-state index contributed by atoms with van der Waals surface area (Å²) in [5.74, 6) is 0.872. The first-order valence-corrected chi connectivity index (χ1v) is 9.74. The van der Waals surface area contributed by atoms with Crippen LogP contribution in [0.4, 0.5) is 0 Å². The van der Waals surface area contributed by atoms with Crippen molar-refractivity contribution >= 4 is 12.0 Å². The van der Waals surface area contributed by atoms with E-state index in [4.69, 9.17) is 4.74 Å². The lowest BCUT2D eigenvalue weighted by atomic mass is 10.0. The molecule has 136 valence electrons. The molecule has 0 radical (unpaired) electrons. The van der Waals surface area contributed by atoms with Crippen LogP contribution in [0, 0.1) is 5.92 Å². The third-order valence-electron chi connectivity index (χ3n) is 4.82. The van der Waals surface area contributed by atoms with E-state index >= 15 is 0 Å². The molecule has 3 rings (SSSR count). The lowest BCUT2D eigenvalue weighted by Crippen LogP contribution is -2.04. The molecule has 1 saturated carbocycles. The zero-order valence-corrected chi connectivity index (χ0v) is 15.4. The van der Waals surface area contributed by atoms with Crippen molar-refractivity contribution in [1.82, 2.24) is 0 Å². The number of ether oxygens (including phenoxy) is 1. The van der Waals surface area contributed by atoms with Crippen molar-refractivity contribution in [3.8, 4) is 0 Å². The molecule has 0 saturated heterocycles. The average Bonchev–Trinajstić information content (AvgIpc) is 3.49. The van der Waals surface area contributed by atoms with Gasteiger partial charge in [0.2, 0.25) is 0 Å². The Morgan fingerprint density at radius 2 is 1.69 bits per heavy atom. The summed E-state index contributed by atoms with van der Waals surface area (Å²) in [6.45, 7) is 0.354. The Labute approximate surface area is 156 Å². The van der Waals surface area contributed by atoms with E-state index in [1.165, 1.54) is 30.4 Å². The lowest BCUT2D eigenvalue weighted by molar-refractivity contribution is -0.142. The molecule has 0 atom stereocenters. The van der Waals surface area contributed by atoms with Crippen LogP contribution in [-0.2, 0) is 16.0 Å². The molecule has 1 aliphatic rings. The fourth-order valence-corrected chi connectivity index (χ4v) is 3.08. The van der Waals surface area contributed by atoms with E-state index < -0.39 is 0 Å². The van der Waals surface area contributed by atoms with Gasteiger partial charge in [-0.3, -0.25) is 4.79 Å². The van der Waals surface area contributed by atoms with E-state index in [1.807, 2.05) is 18.2 Å². The molecule has 0 unspecified atom stereocenters. The molecule has 2 aromatic rings. The van der Waals surface area contributed by atoms with Crippen LogP contribution in [0.15, 0.2) is 60.7 Å². The van der Waals surface area contributed by atoms with Gasteiger partial charge in [0, 0.05) is 6.42 Å². The SMILES string of the molecule is O=C(CCCCC1CC1)OC/C=C/c1ccc(Cc2ccccc2)cc1. The number of carbonyl (C=O) groups is 1.